The molecule has 104 valence electrons. The highest BCUT2D eigenvalue weighted by Crippen LogP contribution is 2.28. The van der Waals surface area contributed by atoms with Crippen molar-refractivity contribution in [3.8, 4) is 0 Å². The van der Waals surface area contributed by atoms with Gasteiger partial charge in [0.1, 0.15) is 0 Å². The molecule has 1 aliphatic heterocycles. The average molecular weight is 302 g/mol. The largest absolute Gasteiger partial charge is 0.469 e. The highest BCUT2D eigenvalue weighted by atomic mass is 35.5. The molecular weight excluding hydrogens is 285 g/mol. The van der Waals surface area contributed by atoms with Gasteiger partial charge in [-0.3, -0.25) is 9.69 Å². The number of ether oxygens (including phenoxy) is 1. The number of carbonyl (C=O) groups excluding carboxylic acids is 1. The molecule has 0 bridgehead atoms. The summed E-state index contributed by atoms with van der Waals surface area (Å²) in [4.78, 5) is 13.7. The SMILES string of the molecule is COC(=O)C1CCN(Cc2cccc(Cl)c2Cl)CC1. The Bertz CT molecular complexity index is 457. The van der Waals surface area contributed by atoms with E-state index in [1.54, 1.807) is 6.07 Å². The summed E-state index contributed by atoms with van der Waals surface area (Å²) < 4.78 is 4.78. The minimum Gasteiger partial charge on any atom is -0.469 e. The Morgan fingerprint density at radius 1 is 1.37 bits per heavy atom. The van der Waals surface area contributed by atoms with Crippen LogP contribution in [0, 0.1) is 5.92 Å². The molecule has 0 atom stereocenters. The predicted octanol–water partition coefficient (Wildman–Crippen LogP) is 3.38. The van der Waals surface area contributed by atoms with Crippen LogP contribution >= 0.6 is 23.2 Å². The number of benzene rings is 1. The third-order valence-corrected chi connectivity index (χ3v) is 4.41. The molecule has 0 unspecified atom stereocenters. The van der Waals surface area contributed by atoms with Gasteiger partial charge in [0, 0.05) is 6.54 Å². The molecule has 0 radical (unpaired) electrons. The number of methoxy groups -OCH3 is 1. The number of nitrogens with zero attached hydrogens (tertiary/aromatic N) is 1. The molecule has 0 spiro atoms. The van der Waals surface area contributed by atoms with E-state index in [4.69, 9.17) is 27.9 Å². The van der Waals surface area contributed by atoms with Crippen molar-refractivity contribution in [3.63, 3.8) is 0 Å². The summed E-state index contributed by atoms with van der Waals surface area (Å²) in [6.45, 7) is 2.53. The normalized spacial score (nSPS) is 17.4. The first kappa shape index (κ1) is 14.6. The van der Waals surface area contributed by atoms with Gasteiger partial charge in [-0.05, 0) is 37.6 Å². The molecule has 2 rings (SSSR count). The minimum atomic E-state index is -0.0968. The van der Waals surface area contributed by atoms with E-state index >= 15 is 0 Å². The summed E-state index contributed by atoms with van der Waals surface area (Å²) in [5, 5.41) is 1.21. The van der Waals surface area contributed by atoms with Gasteiger partial charge in [0.15, 0.2) is 0 Å². The van der Waals surface area contributed by atoms with Crippen LogP contribution in [0.25, 0.3) is 0 Å². The molecule has 19 heavy (non-hydrogen) atoms. The van der Waals surface area contributed by atoms with Crippen molar-refractivity contribution >= 4 is 29.2 Å². The van der Waals surface area contributed by atoms with Crippen LogP contribution in [0.1, 0.15) is 18.4 Å². The number of piperidine rings is 1. The zero-order valence-electron chi connectivity index (χ0n) is 10.9. The highest BCUT2D eigenvalue weighted by molar-refractivity contribution is 6.42. The molecule has 1 aromatic carbocycles. The minimum absolute atomic E-state index is 0.0380. The van der Waals surface area contributed by atoms with Crippen molar-refractivity contribution in [2.45, 2.75) is 19.4 Å². The van der Waals surface area contributed by atoms with Crippen LogP contribution in [0.4, 0.5) is 0 Å². The molecule has 1 saturated heterocycles. The molecule has 0 aliphatic carbocycles. The standard InChI is InChI=1S/C14H17Cl2NO2/c1-19-14(18)10-5-7-17(8-6-10)9-11-3-2-4-12(15)13(11)16/h2-4,10H,5-9H2,1H3. The summed E-state index contributed by atoms with van der Waals surface area (Å²) in [5.41, 5.74) is 1.03. The summed E-state index contributed by atoms with van der Waals surface area (Å²) in [5.74, 6) is -0.0588. The lowest BCUT2D eigenvalue weighted by molar-refractivity contribution is -0.147. The molecule has 0 aromatic heterocycles. The molecule has 1 aromatic rings. The maximum absolute atomic E-state index is 11.5. The average Bonchev–Trinajstić information content (AvgIpc) is 2.44. The van der Waals surface area contributed by atoms with Crippen molar-refractivity contribution in [2.75, 3.05) is 20.2 Å². The number of hydrogen-bond donors (Lipinski definition) is 0. The lowest BCUT2D eigenvalue weighted by atomic mass is 9.96. The second-order valence-corrected chi connectivity index (χ2v) is 5.57. The molecule has 1 heterocycles. The van der Waals surface area contributed by atoms with Gasteiger partial charge < -0.3 is 4.74 Å². The Hall–Kier alpha value is -0.770. The zero-order chi connectivity index (χ0) is 13.8. The number of carbonyl (C=O) groups is 1. The Balaban J connectivity index is 1.92. The van der Waals surface area contributed by atoms with Crippen molar-refractivity contribution < 1.29 is 9.53 Å². The van der Waals surface area contributed by atoms with Crippen LogP contribution in [-0.2, 0) is 16.1 Å². The molecule has 0 amide bonds. The van der Waals surface area contributed by atoms with Gasteiger partial charge in [0.25, 0.3) is 0 Å². The fourth-order valence-electron chi connectivity index (χ4n) is 2.40. The van der Waals surface area contributed by atoms with E-state index in [9.17, 15) is 4.79 Å². The quantitative estimate of drug-likeness (QED) is 0.802. The van der Waals surface area contributed by atoms with Crippen LogP contribution < -0.4 is 0 Å². The molecule has 5 heteroatoms. The smallest absolute Gasteiger partial charge is 0.308 e. The number of esters is 1. The van der Waals surface area contributed by atoms with Crippen molar-refractivity contribution in [1.29, 1.82) is 0 Å². The molecule has 1 fully saturated rings. The third kappa shape index (κ3) is 3.62. The van der Waals surface area contributed by atoms with Gasteiger partial charge in [-0.1, -0.05) is 35.3 Å². The topological polar surface area (TPSA) is 29.5 Å². The third-order valence-electron chi connectivity index (χ3n) is 3.55. The fraction of sp³-hybridized carbons (Fsp3) is 0.500. The van der Waals surface area contributed by atoms with E-state index in [1.165, 1.54) is 7.11 Å². The van der Waals surface area contributed by atoms with E-state index in [0.29, 0.717) is 10.0 Å². The summed E-state index contributed by atoms with van der Waals surface area (Å²) in [6, 6.07) is 5.68. The fourth-order valence-corrected chi connectivity index (χ4v) is 2.78. The molecular formula is C14H17Cl2NO2. The van der Waals surface area contributed by atoms with Gasteiger partial charge in [-0.2, -0.15) is 0 Å². The van der Waals surface area contributed by atoms with Crippen molar-refractivity contribution in [2.24, 2.45) is 5.92 Å². The Labute approximate surface area is 123 Å². The monoisotopic (exact) mass is 301 g/mol. The molecule has 0 N–H and O–H groups in total. The van der Waals surface area contributed by atoms with Crippen LogP contribution in [0.3, 0.4) is 0 Å². The maximum Gasteiger partial charge on any atom is 0.308 e. The van der Waals surface area contributed by atoms with Crippen LogP contribution in [0.2, 0.25) is 10.0 Å². The number of rotatable bonds is 3. The Kier molecular flexibility index (Phi) is 5.08. The molecule has 3 nitrogen and oxygen atoms in total. The van der Waals surface area contributed by atoms with Crippen LogP contribution in [0.15, 0.2) is 18.2 Å². The van der Waals surface area contributed by atoms with Crippen molar-refractivity contribution in [1.82, 2.24) is 4.90 Å². The van der Waals surface area contributed by atoms with E-state index in [-0.39, 0.29) is 11.9 Å². The van der Waals surface area contributed by atoms with Gasteiger partial charge in [0.2, 0.25) is 0 Å². The summed E-state index contributed by atoms with van der Waals surface area (Å²) in [6.07, 6.45) is 1.68. The lowest BCUT2D eigenvalue weighted by Crippen LogP contribution is -2.36. The number of hydrogen-bond acceptors (Lipinski definition) is 3. The van der Waals surface area contributed by atoms with Crippen molar-refractivity contribution in [3.05, 3.63) is 33.8 Å². The summed E-state index contributed by atoms with van der Waals surface area (Å²) in [7, 11) is 1.44. The highest BCUT2D eigenvalue weighted by Gasteiger charge is 2.25. The number of likely N-dealkylation sites (tertiary alicyclic amines) is 1. The molecule has 1 aliphatic rings. The van der Waals surface area contributed by atoms with E-state index in [2.05, 4.69) is 4.90 Å². The second kappa shape index (κ2) is 6.60. The van der Waals surface area contributed by atoms with Gasteiger partial charge in [0.05, 0.1) is 23.1 Å². The summed E-state index contributed by atoms with van der Waals surface area (Å²) >= 11 is 12.2. The van der Waals surface area contributed by atoms with Gasteiger partial charge in [-0.15, -0.1) is 0 Å². The predicted molar refractivity (Wildman–Crippen MR) is 76.5 cm³/mol. The van der Waals surface area contributed by atoms with Gasteiger partial charge in [-0.25, -0.2) is 0 Å². The van der Waals surface area contributed by atoms with Gasteiger partial charge >= 0.3 is 5.97 Å². The van der Waals surface area contributed by atoms with E-state index in [1.807, 2.05) is 12.1 Å². The lowest BCUT2D eigenvalue weighted by Gasteiger charge is -2.30. The Morgan fingerprint density at radius 2 is 2.05 bits per heavy atom. The van der Waals surface area contributed by atoms with E-state index < -0.39 is 0 Å². The first-order valence-electron chi connectivity index (χ1n) is 6.35. The van der Waals surface area contributed by atoms with Crippen LogP contribution in [0.5, 0.6) is 0 Å². The van der Waals surface area contributed by atoms with E-state index in [0.717, 1.165) is 38.0 Å². The molecule has 0 saturated carbocycles. The first-order valence-corrected chi connectivity index (χ1v) is 7.10. The second-order valence-electron chi connectivity index (χ2n) is 4.79. The van der Waals surface area contributed by atoms with Crippen LogP contribution in [-0.4, -0.2) is 31.1 Å². The maximum atomic E-state index is 11.5. The first-order chi connectivity index (χ1) is 9.11. The Morgan fingerprint density at radius 3 is 2.68 bits per heavy atom. The number of halogens is 2. The zero-order valence-corrected chi connectivity index (χ0v) is 12.4.